The molecule has 5 nitrogen and oxygen atoms in total. The number of hydrogen-bond donors (Lipinski definition) is 2. The Morgan fingerprint density at radius 1 is 1.35 bits per heavy atom. The van der Waals surface area contributed by atoms with Crippen molar-refractivity contribution in [1.82, 2.24) is 9.55 Å². The summed E-state index contributed by atoms with van der Waals surface area (Å²) in [5.41, 5.74) is 11.1. The fourth-order valence-corrected chi connectivity index (χ4v) is 2.45. The van der Waals surface area contributed by atoms with Crippen LogP contribution in [0.2, 0.25) is 0 Å². The number of alkyl halides is 1. The first-order valence-electron chi connectivity index (χ1n) is 6.03. The van der Waals surface area contributed by atoms with Crippen molar-refractivity contribution in [2.24, 2.45) is 10.7 Å². The lowest BCUT2D eigenvalue weighted by Crippen LogP contribution is -2.41. The smallest absolute Gasteiger partial charge is 0.145 e. The van der Waals surface area contributed by atoms with E-state index < -0.39 is 18.0 Å². The number of imidazole rings is 1. The van der Waals surface area contributed by atoms with Gasteiger partial charge in [-0.2, -0.15) is 0 Å². The second-order valence-corrected chi connectivity index (χ2v) is 4.81. The van der Waals surface area contributed by atoms with Gasteiger partial charge in [0, 0.05) is 11.3 Å². The monoisotopic (exact) mass is 277 g/mol. The highest BCUT2D eigenvalue weighted by Crippen LogP contribution is 2.35. The largest absolute Gasteiger partial charge is 0.399 e. The third-order valence-electron chi connectivity index (χ3n) is 3.45. The summed E-state index contributed by atoms with van der Waals surface area (Å²) in [4.78, 5) is 8.13. The number of nitrogen functional groups attached to an aromatic ring is 1. The van der Waals surface area contributed by atoms with Gasteiger partial charge in [-0.25, -0.2) is 13.8 Å². The van der Waals surface area contributed by atoms with E-state index in [1.165, 1.54) is 30.7 Å². The maximum absolute atomic E-state index is 14.1. The molecule has 4 N–H and O–H groups in total. The average Bonchev–Trinajstić information content (AvgIpc) is 2.90. The molecule has 0 spiro atoms. The normalized spacial score (nSPS) is 21.4. The van der Waals surface area contributed by atoms with Crippen molar-refractivity contribution in [1.29, 1.82) is 0 Å². The van der Waals surface area contributed by atoms with Crippen LogP contribution in [0.4, 0.5) is 14.5 Å². The van der Waals surface area contributed by atoms with Gasteiger partial charge in [0.05, 0.1) is 19.1 Å². The minimum absolute atomic E-state index is 0.0994. The standard InChI is InChI=1S/C13H13F2N5/c14-5-13(9-3-8(16)1-2-10(9)15)6-20-7-18-4-11(20)12(17)19-13/h1-4,7H,5-6,16H2,(H2,17,19). The van der Waals surface area contributed by atoms with Crippen LogP contribution in [0.5, 0.6) is 0 Å². The zero-order chi connectivity index (χ0) is 14.3. The third kappa shape index (κ3) is 1.74. The van der Waals surface area contributed by atoms with Crippen LogP contribution in [0.3, 0.4) is 0 Å². The second-order valence-electron chi connectivity index (χ2n) is 4.81. The maximum Gasteiger partial charge on any atom is 0.145 e. The lowest BCUT2D eigenvalue weighted by molar-refractivity contribution is 0.264. The number of fused-ring (bicyclic) bond motifs is 1. The predicted molar refractivity (Wildman–Crippen MR) is 71.4 cm³/mol. The van der Waals surface area contributed by atoms with Gasteiger partial charge in [0.25, 0.3) is 0 Å². The number of rotatable bonds is 2. The molecule has 1 aliphatic rings. The van der Waals surface area contributed by atoms with E-state index in [0.29, 0.717) is 11.4 Å². The van der Waals surface area contributed by atoms with Crippen LogP contribution in [0, 0.1) is 5.82 Å². The Kier molecular flexibility index (Phi) is 2.70. The molecular formula is C13H13F2N5. The molecule has 3 rings (SSSR count). The number of aromatic nitrogens is 2. The van der Waals surface area contributed by atoms with E-state index in [0.717, 1.165) is 0 Å². The summed E-state index contributed by atoms with van der Waals surface area (Å²) in [6.07, 6.45) is 3.06. The summed E-state index contributed by atoms with van der Waals surface area (Å²) in [6, 6.07) is 4.02. The Bertz CT molecular complexity index is 694. The van der Waals surface area contributed by atoms with Crippen molar-refractivity contribution in [3.05, 3.63) is 47.8 Å². The van der Waals surface area contributed by atoms with E-state index in [1.54, 1.807) is 4.57 Å². The Labute approximate surface area is 113 Å². The Morgan fingerprint density at radius 3 is 2.90 bits per heavy atom. The molecule has 0 radical (unpaired) electrons. The van der Waals surface area contributed by atoms with Gasteiger partial charge in [0.2, 0.25) is 0 Å². The SMILES string of the molecule is NC1=NC(CF)(c2cc(N)ccc2F)Cn2cncc21. The first-order valence-corrected chi connectivity index (χ1v) is 6.03. The highest BCUT2D eigenvalue weighted by atomic mass is 19.1. The molecule has 20 heavy (non-hydrogen) atoms. The van der Waals surface area contributed by atoms with Gasteiger partial charge in [-0.3, -0.25) is 4.99 Å². The first kappa shape index (κ1) is 12.6. The fourth-order valence-electron chi connectivity index (χ4n) is 2.45. The lowest BCUT2D eigenvalue weighted by atomic mass is 9.89. The molecule has 7 heteroatoms. The molecule has 1 unspecified atom stereocenters. The van der Waals surface area contributed by atoms with Crippen molar-refractivity contribution in [3.8, 4) is 0 Å². The summed E-state index contributed by atoms with van der Waals surface area (Å²) in [6.45, 7) is -0.758. The fraction of sp³-hybridized carbons (Fsp3) is 0.231. The second kappa shape index (κ2) is 4.29. The molecule has 1 aromatic heterocycles. The van der Waals surface area contributed by atoms with Crippen molar-refractivity contribution < 1.29 is 8.78 Å². The number of aliphatic imine (C=N–C) groups is 1. The lowest BCUT2D eigenvalue weighted by Gasteiger charge is -2.32. The van der Waals surface area contributed by atoms with Gasteiger partial charge in [0.15, 0.2) is 0 Å². The van der Waals surface area contributed by atoms with Crippen molar-refractivity contribution in [2.75, 3.05) is 12.4 Å². The van der Waals surface area contributed by atoms with E-state index in [9.17, 15) is 8.78 Å². The van der Waals surface area contributed by atoms with E-state index in [1.807, 2.05) is 0 Å². The number of anilines is 1. The number of nitrogens with two attached hydrogens (primary N) is 2. The highest BCUT2D eigenvalue weighted by Gasteiger charge is 2.39. The molecule has 0 aliphatic carbocycles. The topological polar surface area (TPSA) is 82.2 Å². The van der Waals surface area contributed by atoms with Crippen LogP contribution in [0.15, 0.2) is 35.7 Å². The van der Waals surface area contributed by atoms with Crippen molar-refractivity contribution in [3.63, 3.8) is 0 Å². The van der Waals surface area contributed by atoms with Crippen LogP contribution in [0.25, 0.3) is 0 Å². The number of halogens is 2. The Hall–Kier alpha value is -2.44. The summed E-state index contributed by atoms with van der Waals surface area (Å²) < 4.78 is 29.4. The van der Waals surface area contributed by atoms with E-state index in [2.05, 4.69) is 9.98 Å². The predicted octanol–water partition coefficient (Wildman–Crippen LogP) is 1.19. The first-order chi connectivity index (χ1) is 9.55. The molecule has 1 aliphatic heterocycles. The molecule has 0 saturated carbocycles. The van der Waals surface area contributed by atoms with Gasteiger partial charge in [-0.1, -0.05) is 0 Å². The van der Waals surface area contributed by atoms with Crippen LogP contribution >= 0.6 is 0 Å². The third-order valence-corrected chi connectivity index (χ3v) is 3.45. The molecule has 0 saturated heterocycles. The average molecular weight is 277 g/mol. The number of benzene rings is 1. The van der Waals surface area contributed by atoms with Gasteiger partial charge >= 0.3 is 0 Å². The molecule has 1 atom stereocenters. The quantitative estimate of drug-likeness (QED) is 0.809. The molecule has 0 fully saturated rings. The molecule has 0 bridgehead atoms. The van der Waals surface area contributed by atoms with Crippen LogP contribution in [-0.4, -0.2) is 22.1 Å². The van der Waals surface area contributed by atoms with Gasteiger partial charge in [0.1, 0.15) is 29.6 Å². The molecular weight excluding hydrogens is 264 g/mol. The van der Waals surface area contributed by atoms with Gasteiger partial charge < -0.3 is 16.0 Å². The summed E-state index contributed by atoms with van der Waals surface area (Å²) in [5, 5.41) is 0. The van der Waals surface area contributed by atoms with Crippen LogP contribution < -0.4 is 11.5 Å². The van der Waals surface area contributed by atoms with E-state index in [4.69, 9.17) is 11.5 Å². The van der Waals surface area contributed by atoms with Crippen LogP contribution in [0.1, 0.15) is 11.3 Å². The molecule has 1 aromatic carbocycles. The van der Waals surface area contributed by atoms with E-state index >= 15 is 0 Å². The molecule has 0 amide bonds. The zero-order valence-corrected chi connectivity index (χ0v) is 10.6. The van der Waals surface area contributed by atoms with Crippen molar-refractivity contribution in [2.45, 2.75) is 12.1 Å². The number of amidine groups is 1. The molecule has 2 heterocycles. The minimum atomic E-state index is -1.41. The Balaban J connectivity index is 2.19. The minimum Gasteiger partial charge on any atom is -0.399 e. The summed E-state index contributed by atoms with van der Waals surface area (Å²) in [7, 11) is 0. The summed E-state index contributed by atoms with van der Waals surface area (Å²) >= 11 is 0. The van der Waals surface area contributed by atoms with Crippen molar-refractivity contribution >= 4 is 11.5 Å². The maximum atomic E-state index is 14.1. The molecule has 2 aromatic rings. The van der Waals surface area contributed by atoms with Crippen LogP contribution in [-0.2, 0) is 12.1 Å². The zero-order valence-electron chi connectivity index (χ0n) is 10.6. The van der Waals surface area contributed by atoms with Gasteiger partial charge in [-0.15, -0.1) is 0 Å². The number of hydrogen-bond acceptors (Lipinski definition) is 4. The van der Waals surface area contributed by atoms with Gasteiger partial charge in [-0.05, 0) is 18.2 Å². The highest BCUT2D eigenvalue weighted by molar-refractivity contribution is 5.96. The molecule has 104 valence electrons. The number of nitrogens with zero attached hydrogens (tertiary/aromatic N) is 3. The Morgan fingerprint density at radius 2 is 2.15 bits per heavy atom. The summed E-state index contributed by atoms with van der Waals surface area (Å²) in [5.74, 6) is -0.426. The van der Waals surface area contributed by atoms with E-state index in [-0.39, 0.29) is 17.9 Å².